The zero-order chi connectivity index (χ0) is 22.8. The molecule has 0 fully saturated rings. The Morgan fingerprint density at radius 2 is 1.72 bits per heavy atom. The topological polar surface area (TPSA) is 112 Å². The number of methoxy groups -OCH3 is 1. The largest absolute Gasteiger partial charge is 0.493 e. The lowest BCUT2D eigenvalue weighted by atomic mass is 10.2. The Hall–Kier alpha value is -4.33. The van der Waals surface area contributed by atoms with Crippen molar-refractivity contribution >= 4 is 18.0 Å². The Kier molecular flexibility index (Phi) is 7.80. The van der Waals surface area contributed by atoms with Crippen LogP contribution in [0.5, 0.6) is 17.2 Å². The van der Waals surface area contributed by atoms with E-state index in [1.165, 1.54) is 13.3 Å². The number of rotatable bonds is 10. The molecular formula is C24H23N3O5. The molecule has 0 aliphatic heterocycles. The van der Waals surface area contributed by atoms with Gasteiger partial charge in [-0.15, -0.1) is 0 Å². The molecule has 2 amide bonds. The molecule has 0 radical (unpaired) electrons. The van der Waals surface area contributed by atoms with Gasteiger partial charge in [-0.3, -0.25) is 9.59 Å². The first-order valence-electron chi connectivity index (χ1n) is 9.74. The standard InChI is InChI=1S/C24H23N3O5/c1-30-22-13-19(9-12-21(22)32-15-18-5-3-2-4-6-18)24(29)27-26-14-17-7-10-20(11-8-17)31-16-23(25)28/h2-14H,15-16H2,1H3,(H2,25,28)(H,27,29)/b26-14+. The molecule has 3 aromatic rings. The highest BCUT2D eigenvalue weighted by atomic mass is 16.5. The molecular weight excluding hydrogens is 410 g/mol. The van der Waals surface area contributed by atoms with Gasteiger partial charge in [0.05, 0.1) is 13.3 Å². The predicted octanol–water partition coefficient (Wildman–Crippen LogP) is 2.90. The van der Waals surface area contributed by atoms with E-state index in [1.807, 2.05) is 30.3 Å². The first-order chi connectivity index (χ1) is 15.5. The van der Waals surface area contributed by atoms with E-state index in [1.54, 1.807) is 42.5 Å². The van der Waals surface area contributed by atoms with E-state index in [4.69, 9.17) is 19.9 Å². The molecule has 0 aromatic heterocycles. The van der Waals surface area contributed by atoms with Crippen LogP contribution in [0.3, 0.4) is 0 Å². The van der Waals surface area contributed by atoms with Crippen molar-refractivity contribution in [2.45, 2.75) is 6.61 Å². The van der Waals surface area contributed by atoms with E-state index < -0.39 is 11.8 Å². The van der Waals surface area contributed by atoms with Crippen molar-refractivity contribution in [1.29, 1.82) is 0 Å². The fourth-order valence-electron chi connectivity index (χ4n) is 2.70. The molecule has 164 valence electrons. The maximum atomic E-state index is 12.4. The van der Waals surface area contributed by atoms with Gasteiger partial charge in [0.15, 0.2) is 18.1 Å². The van der Waals surface area contributed by atoms with Gasteiger partial charge in [0.25, 0.3) is 11.8 Å². The zero-order valence-electron chi connectivity index (χ0n) is 17.5. The number of primary amides is 1. The van der Waals surface area contributed by atoms with Gasteiger partial charge in [0.2, 0.25) is 0 Å². The highest BCUT2D eigenvalue weighted by Gasteiger charge is 2.11. The number of carbonyl (C=O) groups is 2. The highest BCUT2D eigenvalue weighted by Crippen LogP contribution is 2.28. The number of nitrogens with zero attached hydrogens (tertiary/aromatic N) is 1. The third-order valence-electron chi connectivity index (χ3n) is 4.30. The van der Waals surface area contributed by atoms with E-state index in [0.29, 0.717) is 29.4 Å². The summed E-state index contributed by atoms with van der Waals surface area (Å²) in [5, 5.41) is 3.96. The molecule has 0 unspecified atom stereocenters. The predicted molar refractivity (Wildman–Crippen MR) is 120 cm³/mol. The molecule has 0 aliphatic rings. The monoisotopic (exact) mass is 433 g/mol. The second kappa shape index (κ2) is 11.2. The molecule has 8 heteroatoms. The van der Waals surface area contributed by atoms with E-state index in [-0.39, 0.29) is 6.61 Å². The minimum Gasteiger partial charge on any atom is -0.493 e. The van der Waals surface area contributed by atoms with Gasteiger partial charge in [-0.25, -0.2) is 5.43 Å². The lowest BCUT2D eigenvalue weighted by Crippen LogP contribution is -2.20. The maximum Gasteiger partial charge on any atom is 0.271 e. The van der Waals surface area contributed by atoms with E-state index in [0.717, 1.165) is 11.1 Å². The molecule has 32 heavy (non-hydrogen) atoms. The molecule has 0 saturated carbocycles. The quantitative estimate of drug-likeness (QED) is 0.377. The van der Waals surface area contributed by atoms with Gasteiger partial charge >= 0.3 is 0 Å². The number of nitrogens with two attached hydrogens (primary N) is 1. The zero-order valence-corrected chi connectivity index (χ0v) is 17.5. The lowest BCUT2D eigenvalue weighted by Gasteiger charge is -2.12. The van der Waals surface area contributed by atoms with Crippen molar-refractivity contribution in [3.8, 4) is 17.2 Å². The Balaban J connectivity index is 1.56. The van der Waals surface area contributed by atoms with Gasteiger partial charge in [-0.05, 0) is 53.6 Å². The minimum atomic E-state index is -0.550. The van der Waals surface area contributed by atoms with E-state index >= 15 is 0 Å². The highest BCUT2D eigenvalue weighted by molar-refractivity contribution is 5.95. The van der Waals surface area contributed by atoms with Crippen molar-refractivity contribution in [2.24, 2.45) is 10.8 Å². The Bertz CT molecular complexity index is 1080. The van der Waals surface area contributed by atoms with Crippen LogP contribution in [-0.2, 0) is 11.4 Å². The molecule has 0 aliphatic carbocycles. The summed E-state index contributed by atoms with van der Waals surface area (Å²) in [7, 11) is 1.52. The van der Waals surface area contributed by atoms with Crippen LogP contribution in [0.15, 0.2) is 77.9 Å². The SMILES string of the molecule is COc1cc(C(=O)N/N=C/c2ccc(OCC(N)=O)cc2)ccc1OCc1ccccc1. The molecule has 3 aromatic carbocycles. The summed E-state index contributed by atoms with van der Waals surface area (Å²) >= 11 is 0. The average molecular weight is 433 g/mol. The lowest BCUT2D eigenvalue weighted by molar-refractivity contribution is -0.119. The van der Waals surface area contributed by atoms with Crippen LogP contribution in [0.2, 0.25) is 0 Å². The summed E-state index contributed by atoms with van der Waals surface area (Å²) < 4.78 is 16.4. The van der Waals surface area contributed by atoms with Gasteiger partial charge in [0, 0.05) is 5.56 Å². The number of ether oxygens (including phenoxy) is 3. The Morgan fingerprint density at radius 1 is 0.969 bits per heavy atom. The van der Waals surface area contributed by atoms with Crippen LogP contribution < -0.4 is 25.4 Å². The number of hydrogen-bond acceptors (Lipinski definition) is 6. The smallest absolute Gasteiger partial charge is 0.271 e. The summed E-state index contributed by atoms with van der Waals surface area (Å²) in [4.78, 5) is 23.1. The van der Waals surface area contributed by atoms with Crippen LogP contribution in [-0.4, -0.2) is 31.7 Å². The summed E-state index contributed by atoms with van der Waals surface area (Å²) in [5.41, 5.74) is 9.65. The third kappa shape index (κ3) is 6.60. The number of hydrogen-bond donors (Lipinski definition) is 2. The fourth-order valence-corrected chi connectivity index (χ4v) is 2.70. The third-order valence-corrected chi connectivity index (χ3v) is 4.30. The van der Waals surface area contributed by atoms with Gasteiger partial charge in [0.1, 0.15) is 12.4 Å². The van der Waals surface area contributed by atoms with Crippen molar-refractivity contribution in [3.05, 3.63) is 89.5 Å². The second-order valence-electron chi connectivity index (χ2n) is 6.66. The van der Waals surface area contributed by atoms with Crippen LogP contribution in [0.4, 0.5) is 0 Å². The number of nitrogens with one attached hydrogen (secondary N) is 1. The fraction of sp³-hybridized carbons (Fsp3) is 0.125. The first-order valence-corrected chi connectivity index (χ1v) is 9.74. The van der Waals surface area contributed by atoms with Crippen LogP contribution >= 0.6 is 0 Å². The Morgan fingerprint density at radius 3 is 2.41 bits per heavy atom. The van der Waals surface area contributed by atoms with Gasteiger partial charge < -0.3 is 19.9 Å². The summed E-state index contributed by atoms with van der Waals surface area (Å²) in [6.07, 6.45) is 1.49. The van der Waals surface area contributed by atoms with Gasteiger partial charge in [-0.2, -0.15) is 5.10 Å². The molecule has 3 rings (SSSR count). The normalized spacial score (nSPS) is 10.5. The minimum absolute atomic E-state index is 0.191. The van der Waals surface area contributed by atoms with Crippen LogP contribution in [0.25, 0.3) is 0 Å². The van der Waals surface area contributed by atoms with Crippen LogP contribution in [0.1, 0.15) is 21.5 Å². The Labute approximate surface area is 185 Å². The number of hydrazone groups is 1. The first kappa shape index (κ1) is 22.4. The second-order valence-corrected chi connectivity index (χ2v) is 6.66. The molecule has 0 bridgehead atoms. The molecule has 0 atom stereocenters. The number of carbonyl (C=O) groups excluding carboxylic acids is 2. The summed E-state index contributed by atoms with van der Waals surface area (Å²) in [6, 6.07) is 21.5. The van der Waals surface area contributed by atoms with Gasteiger partial charge in [-0.1, -0.05) is 30.3 Å². The molecule has 0 saturated heterocycles. The van der Waals surface area contributed by atoms with Crippen molar-refractivity contribution in [3.63, 3.8) is 0 Å². The summed E-state index contributed by atoms with van der Waals surface area (Å²) in [5.74, 6) is 0.548. The molecule has 8 nitrogen and oxygen atoms in total. The molecule has 0 spiro atoms. The summed E-state index contributed by atoms with van der Waals surface area (Å²) in [6.45, 7) is 0.197. The van der Waals surface area contributed by atoms with E-state index in [9.17, 15) is 9.59 Å². The van der Waals surface area contributed by atoms with Crippen molar-refractivity contribution in [1.82, 2.24) is 5.43 Å². The molecule has 3 N–H and O–H groups in total. The van der Waals surface area contributed by atoms with Crippen molar-refractivity contribution in [2.75, 3.05) is 13.7 Å². The maximum absolute atomic E-state index is 12.4. The average Bonchev–Trinajstić information content (AvgIpc) is 2.82. The number of amides is 2. The molecule has 0 heterocycles. The number of benzene rings is 3. The van der Waals surface area contributed by atoms with E-state index in [2.05, 4.69) is 10.5 Å². The van der Waals surface area contributed by atoms with Crippen LogP contribution in [0, 0.1) is 0 Å². The van der Waals surface area contributed by atoms with Crippen molar-refractivity contribution < 1.29 is 23.8 Å².